The monoisotopic (exact) mass is 350 g/mol. The van der Waals surface area contributed by atoms with Crippen molar-refractivity contribution in [3.05, 3.63) is 29.8 Å². The Balaban J connectivity index is 1.66. The zero-order valence-electron chi connectivity index (χ0n) is 14.1. The van der Waals surface area contributed by atoms with Crippen molar-refractivity contribution in [3.8, 4) is 5.75 Å². The molecule has 0 spiro atoms. The van der Waals surface area contributed by atoms with Crippen molar-refractivity contribution in [1.29, 1.82) is 0 Å². The lowest BCUT2D eigenvalue weighted by Crippen LogP contribution is -2.36. The van der Waals surface area contributed by atoms with E-state index in [-0.39, 0.29) is 12.6 Å². The first kappa shape index (κ1) is 18.7. The molecule has 136 valence electrons. The number of ether oxygens (including phenoxy) is 3. The molecule has 0 aliphatic carbocycles. The second-order valence-electron chi connectivity index (χ2n) is 5.48. The minimum atomic E-state index is -0.699. The fourth-order valence-electron chi connectivity index (χ4n) is 2.36. The summed E-state index contributed by atoms with van der Waals surface area (Å²) in [6, 6.07) is 6.65. The van der Waals surface area contributed by atoms with Gasteiger partial charge in [0.2, 0.25) is 0 Å². The normalized spacial score (nSPS) is 16.1. The Morgan fingerprint density at radius 3 is 2.76 bits per heavy atom. The van der Waals surface area contributed by atoms with Crippen molar-refractivity contribution < 1.29 is 28.6 Å². The molecular formula is C17H22N2O6. The van der Waals surface area contributed by atoms with Crippen LogP contribution in [0.2, 0.25) is 0 Å². The second-order valence-corrected chi connectivity index (χ2v) is 5.48. The standard InChI is InChI=1S/C17H22N2O6/c1-23-14-7-3-2-6-13(14)17(22)19-10-16(21)25-11-15(20)18-9-12-5-4-8-24-12/h2-3,6-7,12H,4-5,8-11H2,1H3,(H,18,20)(H,19,22)/t12-/m1/s1. The molecule has 8 nitrogen and oxygen atoms in total. The zero-order valence-corrected chi connectivity index (χ0v) is 14.1. The van der Waals surface area contributed by atoms with Crippen molar-refractivity contribution in [2.24, 2.45) is 0 Å². The highest BCUT2D eigenvalue weighted by molar-refractivity contribution is 5.98. The molecule has 1 heterocycles. The van der Waals surface area contributed by atoms with Gasteiger partial charge in [-0.3, -0.25) is 14.4 Å². The first-order valence-corrected chi connectivity index (χ1v) is 8.05. The Bertz CT molecular complexity index is 613. The Labute approximate surface area is 145 Å². The van der Waals surface area contributed by atoms with Gasteiger partial charge in [0.05, 0.1) is 18.8 Å². The summed E-state index contributed by atoms with van der Waals surface area (Å²) >= 11 is 0. The van der Waals surface area contributed by atoms with Crippen LogP contribution >= 0.6 is 0 Å². The molecule has 1 saturated heterocycles. The number of rotatable bonds is 8. The zero-order chi connectivity index (χ0) is 18.1. The molecular weight excluding hydrogens is 328 g/mol. The van der Waals surface area contributed by atoms with Gasteiger partial charge in [-0.15, -0.1) is 0 Å². The van der Waals surface area contributed by atoms with Crippen molar-refractivity contribution in [2.75, 3.05) is 33.4 Å². The number of amides is 2. The summed E-state index contributed by atoms with van der Waals surface area (Å²) in [6.07, 6.45) is 1.93. The van der Waals surface area contributed by atoms with Crippen LogP contribution in [0, 0.1) is 0 Å². The maximum atomic E-state index is 12.0. The van der Waals surface area contributed by atoms with E-state index < -0.39 is 24.4 Å². The largest absolute Gasteiger partial charge is 0.496 e. The second kappa shape index (κ2) is 9.63. The number of nitrogens with one attached hydrogen (secondary N) is 2. The van der Waals surface area contributed by atoms with Crippen LogP contribution in [0.1, 0.15) is 23.2 Å². The van der Waals surface area contributed by atoms with Gasteiger partial charge < -0.3 is 24.8 Å². The van der Waals surface area contributed by atoms with E-state index in [1.54, 1.807) is 24.3 Å². The number of benzene rings is 1. The van der Waals surface area contributed by atoms with E-state index in [0.29, 0.717) is 24.5 Å². The van der Waals surface area contributed by atoms with Gasteiger partial charge in [0.1, 0.15) is 12.3 Å². The molecule has 8 heteroatoms. The number of hydrogen-bond acceptors (Lipinski definition) is 6. The van der Waals surface area contributed by atoms with Gasteiger partial charge in [-0.1, -0.05) is 12.1 Å². The molecule has 0 aromatic heterocycles. The van der Waals surface area contributed by atoms with Crippen molar-refractivity contribution >= 4 is 17.8 Å². The number of methoxy groups -OCH3 is 1. The van der Waals surface area contributed by atoms with Gasteiger partial charge in [-0.25, -0.2) is 0 Å². The predicted octanol–water partition coefficient (Wildman–Crippen LogP) is 0.263. The first-order valence-electron chi connectivity index (χ1n) is 8.05. The lowest BCUT2D eigenvalue weighted by molar-refractivity contribution is -0.147. The van der Waals surface area contributed by atoms with Crippen LogP contribution < -0.4 is 15.4 Å². The highest BCUT2D eigenvalue weighted by Crippen LogP contribution is 2.16. The van der Waals surface area contributed by atoms with Gasteiger partial charge in [0, 0.05) is 13.2 Å². The van der Waals surface area contributed by atoms with E-state index in [2.05, 4.69) is 10.6 Å². The van der Waals surface area contributed by atoms with Crippen LogP contribution in [0.25, 0.3) is 0 Å². The third-order valence-electron chi connectivity index (χ3n) is 3.66. The summed E-state index contributed by atoms with van der Waals surface area (Å²) < 4.78 is 15.3. The molecule has 2 N–H and O–H groups in total. The van der Waals surface area contributed by atoms with Gasteiger partial charge in [-0.2, -0.15) is 0 Å². The Morgan fingerprint density at radius 2 is 2.04 bits per heavy atom. The Kier molecular flexibility index (Phi) is 7.21. The Hall–Kier alpha value is -2.61. The van der Waals surface area contributed by atoms with Gasteiger partial charge in [0.15, 0.2) is 6.61 Å². The minimum absolute atomic E-state index is 0.0276. The van der Waals surface area contributed by atoms with Gasteiger partial charge >= 0.3 is 5.97 Å². The first-order chi connectivity index (χ1) is 12.1. The van der Waals surface area contributed by atoms with Crippen molar-refractivity contribution in [2.45, 2.75) is 18.9 Å². The molecule has 1 fully saturated rings. The molecule has 1 atom stereocenters. The smallest absolute Gasteiger partial charge is 0.325 e. The molecule has 0 unspecified atom stereocenters. The topological polar surface area (TPSA) is 103 Å². The Morgan fingerprint density at radius 1 is 1.24 bits per heavy atom. The average Bonchev–Trinajstić information content (AvgIpc) is 3.16. The van der Waals surface area contributed by atoms with Crippen LogP contribution in [0.4, 0.5) is 0 Å². The van der Waals surface area contributed by atoms with Gasteiger partial charge in [0.25, 0.3) is 11.8 Å². The summed E-state index contributed by atoms with van der Waals surface area (Å²) in [5, 5.41) is 5.07. The number of esters is 1. The minimum Gasteiger partial charge on any atom is -0.496 e. The molecule has 0 saturated carbocycles. The van der Waals surface area contributed by atoms with E-state index in [1.807, 2.05) is 0 Å². The number of hydrogen-bond donors (Lipinski definition) is 2. The van der Waals surface area contributed by atoms with Crippen molar-refractivity contribution in [1.82, 2.24) is 10.6 Å². The lowest BCUT2D eigenvalue weighted by atomic mass is 10.2. The third kappa shape index (κ3) is 6.07. The van der Waals surface area contributed by atoms with Crippen molar-refractivity contribution in [3.63, 3.8) is 0 Å². The molecule has 1 aliphatic heterocycles. The molecule has 0 bridgehead atoms. The molecule has 2 amide bonds. The maximum absolute atomic E-state index is 12.0. The van der Waals surface area contributed by atoms with Crippen LogP contribution in [0.5, 0.6) is 5.75 Å². The van der Waals surface area contributed by atoms with Gasteiger partial charge in [-0.05, 0) is 25.0 Å². The molecule has 1 aliphatic rings. The fraction of sp³-hybridized carbons (Fsp3) is 0.471. The lowest BCUT2D eigenvalue weighted by Gasteiger charge is -2.11. The van der Waals surface area contributed by atoms with Crippen LogP contribution in [0.3, 0.4) is 0 Å². The quantitative estimate of drug-likeness (QED) is 0.652. The van der Waals surface area contributed by atoms with E-state index >= 15 is 0 Å². The highest BCUT2D eigenvalue weighted by atomic mass is 16.5. The molecule has 0 radical (unpaired) electrons. The number of para-hydroxylation sites is 1. The predicted molar refractivity (Wildman–Crippen MR) is 88.3 cm³/mol. The molecule has 1 aromatic rings. The van der Waals surface area contributed by atoms with E-state index in [9.17, 15) is 14.4 Å². The third-order valence-corrected chi connectivity index (χ3v) is 3.66. The number of carbonyl (C=O) groups is 3. The van der Waals surface area contributed by atoms with E-state index in [4.69, 9.17) is 14.2 Å². The highest BCUT2D eigenvalue weighted by Gasteiger charge is 2.17. The fourth-order valence-corrected chi connectivity index (χ4v) is 2.36. The van der Waals surface area contributed by atoms with E-state index in [0.717, 1.165) is 12.8 Å². The summed E-state index contributed by atoms with van der Waals surface area (Å²) in [7, 11) is 1.45. The van der Waals surface area contributed by atoms with Crippen LogP contribution in [0.15, 0.2) is 24.3 Å². The molecule has 1 aromatic carbocycles. The number of carbonyl (C=O) groups excluding carboxylic acids is 3. The summed E-state index contributed by atoms with van der Waals surface area (Å²) in [4.78, 5) is 35.2. The maximum Gasteiger partial charge on any atom is 0.325 e. The summed E-state index contributed by atoms with van der Waals surface area (Å²) in [5.41, 5.74) is 0.312. The van der Waals surface area contributed by atoms with Crippen LogP contribution in [-0.2, 0) is 19.1 Å². The molecule has 25 heavy (non-hydrogen) atoms. The average molecular weight is 350 g/mol. The molecule has 2 rings (SSSR count). The summed E-state index contributed by atoms with van der Waals surface area (Å²) in [5.74, 6) is -1.16. The van der Waals surface area contributed by atoms with E-state index in [1.165, 1.54) is 7.11 Å². The summed E-state index contributed by atoms with van der Waals surface area (Å²) in [6.45, 7) is 0.383. The van der Waals surface area contributed by atoms with Crippen LogP contribution in [-0.4, -0.2) is 57.3 Å². The SMILES string of the molecule is COc1ccccc1C(=O)NCC(=O)OCC(=O)NC[C@H]1CCCO1.